The molecule has 7 nitrogen and oxygen atoms in total. The number of rotatable bonds is 4. The summed E-state index contributed by atoms with van der Waals surface area (Å²) in [5, 5.41) is 7.04. The van der Waals surface area contributed by atoms with E-state index in [9.17, 15) is 9.18 Å². The van der Waals surface area contributed by atoms with Crippen LogP contribution < -0.4 is 10.5 Å². The summed E-state index contributed by atoms with van der Waals surface area (Å²) in [7, 11) is 0. The molecule has 3 heterocycles. The number of anilines is 1. The first kappa shape index (κ1) is 15.8. The molecule has 1 fully saturated rings. The Morgan fingerprint density at radius 1 is 1.24 bits per heavy atom. The summed E-state index contributed by atoms with van der Waals surface area (Å²) < 4.78 is 18.8. The molecule has 4 rings (SSSR count). The fraction of sp³-hybridized carbons (Fsp3) is 0.353. The number of piperidine rings is 1. The van der Waals surface area contributed by atoms with Gasteiger partial charge in [-0.05, 0) is 30.5 Å². The molecule has 0 atom stereocenters. The van der Waals surface area contributed by atoms with Gasteiger partial charge in [-0.25, -0.2) is 4.39 Å². The molecule has 2 aromatic heterocycles. The van der Waals surface area contributed by atoms with Crippen LogP contribution in [0.3, 0.4) is 0 Å². The first-order valence-electron chi connectivity index (χ1n) is 8.23. The summed E-state index contributed by atoms with van der Waals surface area (Å²) in [5.41, 5.74) is 1.26. The molecule has 1 aliphatic rings. The minimum absolute atomic E-state index is 0.143. The third-order valence-corrected chi connectivity index (χ3v) is 4.45. The second kappa shape index (κ2) is 6.64. The standard InChI is InChI=1S/C17H18FN5O2/c18-12-3-1-11(2-4-12)10-25-13-5-7-23(8-6-13)17-20-15-14(9-19-22-15)16(24)21-17/h1-4,9,13H,5-8,10H2,(H2,19,20,21,22,24). The zero-order valence-electron chi connectivity index (χ0n) is 13.5. The van der Waals surface area contributed by atoms with E-state index in [0.717, 1.165) is 31.5 Å². The van der Waals surface area contributed by atoms with E-state index in [0.29, 0.717) is 23.6 Å². The zero-order chi connectivity index (χ0) is 17.2. The molecule has 0 unspecified atom stereocenters. The van der Waals surface area contributed by atoms with Gasteiger partial charge >= 0.3 is 0 Å². The van der Waals surface area contributed by atoms with Crippen molar-refractivity contribution in [3.05, 3.63) is 52.2 Å². The maximum atomic E-state index is 12.9. The van der Waals surface area contributed by atoms with Crippen molar-refractivity contribution in [2.45, 2.75) is 25.6 Å². The molecule has 0 radical (unpaired) electrons. The van der Waals surface area contributed by atoms with Gasteiger partial charge in [0.25, 0.3) is 5.56 Å². The Morgan fingerprint density at radius 2 is 2.00 bits per heavy atom. The van der Waals surface area contributed by atoms with Crippen LogP contribution in [0.15, 0.2) is 35.3 Å². The molecular formula is C17H18FN5O2. The average Bonchev–Trinajstić information content (AvgIpc) is 3.11. The van der Waals surface area contributed by atoms with Crippen LogP contribution in [0.5, 0.6) is 0 Å². The molecule has 1 aliphatic heterocycles. The number of nitrogens with zero attached hydrogens (tertiary/aromatic N) is 3. The number of ether oxygens (including phenoxy) is 1. The molecule has 8 heteroatoms. The number of aromatic amines is 2. The van der Waals surface area contributed by atoms with Gasteiger partial charge in [-0.2, -0.15) is 10.1 Å². The minimum atomic E-state index is -0.243. The molecule has 0 saturated carbocycles. The summed E-state index contributed by atoms with van der Waals surface area (Å²) in [6.07, 6.45) is 3.29. The van der Waals surface area contributed by atoms with Crippen LogP contribution in [0.25, 0.3) is 11.0 Å². The maximum Gasteiger partial charge on any atom is 0.263 e. The van der Waals surface area contributed by atoms with Gasteiger partial charge in [0.2, 0.25) is 5.95 Å². The molecule has 1 saturated heterocycles. The van der Waals surface area contributed by atoms with Crippen molar-refractivity contribution in [3.8, 4) is 0 Å². The number of benzene rings is 1. The lowest BCUT2D eigenvalue weighted by molar-refractivity contribution is 0.0249. The second-order valence-electron chi connectivity index (χ2n) is 6.15. The topological polar surface area (TPSA) is 86.9 Å². The predicted octanol–water partition coefficient (Wildman–Crippen LogP) is 1.97. The van der Waals surface area contributed by atoms with Crippen molar-refractivity contribution in [2.75, 3.05) is 18.0 Å². The van der Waals surface area contributed by atoms with Gasteiger partial charge in [0.1, 0.15) is 11.2 Å². The van der Waals surface area contributed by atoms with Crippen molar-refractivity contribution >= 4 is 17.0 Å². The van der Waals surface area contributed by atoms with E-state index in [1.54, 1.807) is 12.1 Å². The zero-order valence-corrected chi connectivity index (χ0v) is 13.5. The first-order chi connectivity index (χ1) is 12.2. The quantitative estimate of drug-likeness (QED) is 0.756. The number of hydrogen-bond acceptors (Lipinski definition) is 5. The summed E-state index contributed by atoms with van der Waals surface area (Å²) in [6, 6.07) is 6.35. The number of H-pyrrole nitrogens is 2. The molecule has 130 valence electrons. The lowest BCUT2D eigenvalue weighted by Crippen LogP contribution is -2.38. The van der Waals surface area contributed by atoms with Gasteiger partial charge < -0.3 is 9.64 Å². The minimum Gasteiger partial charge on any atom is -0.373 e. The van der Waals surface area contributed by atoms with E-state index in [1.165, 1.54) is 18.3 Å². The van der Waals surface area contributed by atoms with Crippen molar-refractivity contribution in [1.29, 1.82) is 0 Å². The van der Waals surface area contributed by atoms with Crippen LogP contribution >= 0.6 is 0 Å². The number of fused-ring (bicyclic) bond motifs is 1. The van der Waals surface area contributed by atoms with E-state index in [2.05, 4.69) is 20.2 Å². The Bertz CT molecular complexity index is 913. The molecule has 25 heavy (non-hydrogen) atoms. The first-order valence-corrected chi connectivity index (χ1v) is 8.23. The molecule has 0 amide bonds. The van der Waals surface area contributed by atoms with Gasteiger partial charge in [-0.15, -0.1) is 0 Å². The van der Waals surface area contributed by atoms with E-state index < -0.39 is 0 Å². The summed E-state index contributed by atoms with van der Waals surface area (Å²) >= 11 is 0. The van der Waals surface area contributed by atoms with Crippen molar-refractivity contribution in [3.63, 3.8) is 0 Å². The molecule has 0 bridgehead atoms. The predicted molar refractivity (Wildman–Crippen MR) is 90.9 cm³/mol. The van der Waals surface area contributed by atoms with Gasteiger partial charge in [-0.1, -0.05) is 12.1 Å². The van der Waals surface area contributed by atoms with Crippen LogP contribution in [0.2, 0.25) is 0 Å². The highest BCUT2D eigenvalue weighted by molar-refractivity contribution is 5.73. The Morgan fingerprint density at radius 3 is 2.76 bits per heavy atom. The number of aromatic nitrogens is 4. The molecular weight excluding hydrogens is 325 g/mol. The van der Waals surface area contributed by atoms with Crippen LogP contribution in [0.4, 0.5) is 10.3 Å². The molecule has 3 aromatic rings. The Kier molecular flexibility index (Phi) is 4.19. The molecule has 1 aromatic carbocycles. The molecule has 0 aliphatic carbocycles. The number of hydrogen-bond donors (Lipinski definition) is 2. The van der Waals surface area contributed by atoms with Crippen LogP contribution in [0.1, 0.15) is 18.4 Å². The Balaban J connectivity index is 1.35. The largest absolute Gasteiger partial charge is 0.373 e. The smallest absolute Gasteiger partial charge is 0.263 e. The average molecular weight is 343 g/mol. The lowest BCUT2D eigenvalue weighted by Gasteiger charge is -2.32. The highest BCUT2D eigenvalue weighted by atomic mass is 19.1. The summed E-state index contributed by atoms with van der Waals surface area (Å²) in [6.45, 7) is 1.97. The fourth-order valence-electron chi connectivity index (χ4n) is 3.01. The van der Waals surface area contributed by atoms with Gasteiger partial charge in [0, 0.05) is 13.1 Å². The van der Waals surface area contributed by atoms with Crippen molar-refractivity contribution < 1.29 is 9.13 Å². The van der Waals surface area contributed by atoms with Crippen LogP contribution in [-0.4, -0.2) is 39.4 Å². The van der Waals surface area contributed by atoms with E-state index in [1.807, 2.05) is 4.90 Å². The number of nitrogens with one attached hydrogen (secondary N) is 2. The maximum absolute atomic E-state index is 12.9. The van der Waals surface area contributed by atoms with Crippen LogP contribution in [0, 0.1) is 5.82 Å². The third-order valence-electron chi connectivity index (χ3n) is 4.45. The van der Waals surface area contributed by atoms with Gasteiger partial charge in [-0.3, -0.25) is 14.9 Å². The Hall–Kier alpha value is -2.74. The third kappa shape index (κ3) is 3.39. The van der Waals surface area contributed by atoms with E-state index >= 15 is 0 Å². The summed E-state index contributed by atoms with van der Waals surface area (Å²) in [5.74, 6) is 0.312. The SMILES string of the molecule is O=c1[nH]c(N2CCC(OCc3ccc(F)cc3)CC2)nc2[nH]ncc12. The van der Waals surface area contributed by atoms with E-state index in [-0.39, 0.29) is 17.5 Å². The highest BCUT2D eigenvalue weighted by Crippen LogP contribution is 2.19. The van der Waals surface area contributed by atoms with Gasteiger partial charge in [0.05, 0.1) is 18.9 Å². The van der Waals surface area contributed by atoms with Crippen LogP contribution in [-0.2, 0) is 11.3 Å². The molecule has 0 spiro atoms. The van der Waals surface area contributed by atoms with Crippen molar-refractivity contribution in [1.82, 2.24) is 20.2 Å². The monoisotopic (exact) mass is 343 g/mol. The second-order valence-corrected chi connectivity index (χ2v) is 6.15. The van der Waals surface area contributed by atoms with E-state index in [4.69, 9.17) is 4.74 Å². The van der Waals surface area contributed by atoms with Gasteiger partial charge in [0.15, 0.2) is 5.65 Å². The highest BCUT2D eigenvalue weighted by Gasteiger charge is 2.22. The number of halogens is 1. The fourth-order valence-corrected chi connectivity index (χ4v) is 3.01. The normalized spacial score (nSPS) is 15.8. The molecule has 2 N–H and O–H groups in total. The Labute approximate surface area is 142 Å². The lowest BCUT2D eigenvalue weighted by atomic mass is 10.1. The van der Waals surface area contributed by atoms with Crippen molar-refractivity contribution in [2.24, 2.45) is 0 Å². The summed E-state index contributed by atoms with van der Waals surface area (Å²) in [4.78, 5) is 21.3.